The zero-order valence-corrected chi connectivity index (χ0v) is 34.3. The molecule has 2 aliphatic rings. The molecule has 2 aromatic heterocycles. The van der Waals surface area contributed by atoms with Gasteiger partial charge in [-0.2, -0.15) is 0 Å². The highest BCUT2D eigenvalue weighted by Gasteiger charge is 2.48. The van der Waals surface area contributed by atoms with Crippen LogP contribution in [0.3, 0.4) is 0 Å². The number of furan rings is 1. The lowest BCUT2D eigenvalue weighted by molar-refractivity contribution is 0.361. The summed E-state index contributed by atoms with van der Waals surface area (Å²) in [7, 11) is 0. The molecule has 0 spiro atoms. The molecule has 64 heavy (non-hydrogen) atoms. The Labute approximate surface area is 368 Å². The van der Waals surface area contributed by atoms with E-state index >= 15 is 0 Å². The Kier molecular flexibility index (Phi) is 8.02. The molecule has 1 aliphatic carbocycles. The summed E-state index contributed by atoms with van der Waals surface area (Å²) in [6.07, 6.45) is 0. The molecule has 13 rings (SSSR count). The maximum Gasteiger partial charge on any atom is 0.181 e. The highest BCUT2D eigenvalue weighted by molar-refractivity contribution is 6.09. The van der Waals surface area contributed by atoms with E-state index in [-0.39, 0.29) is 0 Å². The molecule has 0 amide bonds. The second-order valence-corrected chi connectivity index (χ2v) is 16.2. The van der Waals surface area contributed by atoms with Crippen LogP contribution >= 0.6 is 0 Å². The van der Waals surface area contributed by atoms with Crippen molar-refractivity contribution in [3.8, 4) is 79.4 Å². The van der Waals surface area contributed by atoms with Gasteiger partial charge in [-0.3, -0.25) is 0 Å². The quantitative estimate of drug-likeness (QED) is 0.166. The Morgan fingerprint density at radius 1 is 0.344 bits per heavy atom. The summed E-state index contributed by atoms with van der Waals surface area (Å²) in [6, 6.07) is 73.1. The van der Waals surface area contributed by atoms with Gasteiger partial charge >= 0.3 is 0 Å². The number of ether oxygens (including phenoxy) is 2. The summed E-state index contributed by atoms with van der Waals surface area (Å²) in [6.45, 7) is 0. The highest BCUT2D eigenvalue weighted by Crippen LogP contribution is 2.62. The molecule has 0 radical (unpaired) electrons. The third-order valence-electron chi connectivity index (χ3n) is 12.7. The lowest BCUT2D eigenvalue weighted by Crippen LogP contribution is -2.28. The summed E-state index contributed by atoms with van der Waals surface area (Å²) in [4.78, 5) is 15.4. The van der Waals surface area contributed by atoms with Gasteiger partial charge in [0.2, 0.25) is 0 Å². The maximum atomic E-state index is 7.21. The van der Waals surface area contributed by atoms with Crippen LogP contribution in [0.1, 0.15) is 22.3 Å². The van der Waals surface area contributed by atoms with Crippen LogP contribution in [0.25, 0.3) is 78.4 Å². The van der Waals surface area contributed by atoms with Gasteiger partial charge < -0.3 is 13.9 Å². The van der Waals surface area contributed by atoms with Crippen molar-refractivity contribution < 1.29 is 13.9 Å². The minimum absolute atomic E-state index is 0.472. The molecule has 9 aromatic carbocycles. The van der Waals surface area contributed by atoms with Crippen LogP contribution in [0, 0.1) is 0 Å². The molecule has 300 valence electrons. The average molecular weight is 822 g/mol. The van der Waals surface area contributed by atoms with Crippen LogP contribution < -0.4 is 9.47 Å². The minimum Gasteiger partial charge on any atom is -0.455 e. The monoisotopic (exact) mass is 821 g/mol. The van der Waals surface area contributed by atoms with E-state index in [2.05, 4.69) is 140 Å². The number of para-hydroxylation sites is 3. The smallest absolute Gasteiger partial charge is 0.181 e. The largest absolute Gasteiger partial charge is 0.455 e. The van der Waals surface area contributed by atoms with Gasteiger partial charge in [0.15, 0.2) is 40.5 Å². The second kappa shape index (κ2) is 14.2. The summed E-state index contributed by atoms with van der Waals surface area (Å²) in [5, 5.41) is 2.19. The molecular formula is C58H35N3O3. The first-order valence-electron chi connectivity index (χ1n) is 21.4. The van der Waals surface area contributed by atoms with Gasteiger partial charge in [-0.05, 0) is 57.6 Å². The van der Waals surface area contributed by atoms with Crippen molar-refractivity contribution in [2.45, 2.75) is 5.41 Å². The standard InChI is InChI=1S/C58H35N3O3/c1-4-16-37(17-5-1)55-59-56(38-32-30-36(31-33-38)41-24-14-25-43-42-22-11-13-28-48(42)63-52(41)43)61-57(60-55)45-26-15-29-49-53(45)64-54-50(62-49)35-34-47-51(54)44-23-10-12-27-46(44)58(47,39-18-6-2-7-19-39)40-20-8-3-9-21-40/h1-35H. The van der Waals surface area contributed by atoms with E-state index in [9.17, 15) is 0 Å². The molecule has 1 aliphatic heterocycles. The molecule has 3 heterocycles. The summed E-state index contributed by atoms with van der Waals surface area (Å²) >= 11 is 0. The van der Waals surface area contributed by atoms with E-state index < -0.39 is 5.41 Å². The molecule has 0 N–H and O–H groups in total. The van der Waals surface area contributed by atoms with Crippen LogP contribution in [0.2, 0.25) is 0 Å². The number of rotatable bonds is 6. The van der Waals surface area contributed by atoms with E-state index in [0.717, 1.165) is 60.9 Å². The lowest BCUT2D eigenvalue weighted by atomic mass is 9.68. The second-order valence-electron chi connectivity index (χ2n) is 16.2. The van der Waals surface area contributed by atoms with Crippen molar-refractivity contribution in [2.24, 2.45) is 0 Å². The molecule has 0 fully saturated rings. The molecule has 0 bridgehead atoms. The molecule has 11 aromatic rings. The van der Waals surface area contributed by atoms with Crippen molar-refractivity contribution >= 4 is 21.9 Å². The number of hydrogen-bond acceptors (Lipinski definition) is 6. The zero-order valence-electron chi connectivity index (χ0n) is 34.3. The van der Waals surface area contributed by atoms with Crippen LogP contribution in [0.15, 0.2) is 217 Å². The number of aromatic nitrogens is 3. The van der Waals surface area contributed by atoms with Crippen LogP contribution in [0.4, 0.5) is 0 Å². The number of nitrogens with zero attached hydrogens (tertiary/aromatic N) is 3. The summed E-state index contributed by atoms with van der Waals surface area (Å²) in [5.74, 6) is 4.00. The molecule has 0 atom stereocenters. The predicted octanol–water partition coefficient (Wildman–Crippen LogP) is 14.7. The van der Waals surface area contributed by atoms with Gasteiger partial charge in [-0.1, -0.05) is 188 Å². The third-order valence-corrected chi connectivity index (χ3v) is 12.7. The van der Waals surface area contributed by atoms with Crippen molar-refractivity contribution in [1.29, 1.82) is 0 Å². The normalized spacial score (nSPS) is 13.1. The van der Waals surface area contributed by atoms with Crippen LogP contribution in [-0.4, -0.2) is 15.0 Å². The van der Waals surface area contributed by atoms with Gasteiger partial charge in [0.25, 0.3) is 0 Å². The van der Waals surface area contributed by atoms with E-state index in [0.29, 0.717) is 46.0 Å². The average Bonchev–Trinajstić information content (AvgIpc) is 3.91. The van der Waals surface area contributed by atoms with Gasteiger partial charge in [-0.25, -0.2) is 15.0 Å². The van der Waals surface area contributed by atoms with Crippen molar-refractivity contribution in [3.05, 3.63) is 235 Å². The zero-order chi connectivity index (χ0) is 42.2. The Morgan fingerprint density at radius 3 is 1.67 bits per heavy atom. The highest BCUT2D eigenvalue weighted by atomic mass is 16.6. The van der Waals surface area contributed by atoms with Gasteiger partial charge in [0.1, 0.15) is 11.2 Å². The molecule has 0 saturated carbocycles. The first-order chi connectivity index (χ1) is 31.7. The number of benzene rings is 9. The van der Waals surface area contributed by atoms with Crippen molar-refractivity contribution in [3.63, 3.8) is 0 Å². The molecule has 6 heteroatoms. The maximum absolute atomic E-state index is 7.21. The van der Waals surface area contributed by atoms with E-state index in [1.807, 2.05) is 72.8 Å². The Balaban J connectivity index is 0.951. The minimum atomic E-state index is -0.589. The van der Waals surface area contributed by atoms with Crippen molar-refractivity contribution in [1.82, 2.24) is 15.0 Å². The SMILES string of the molecule is c1ccc(-c2nc(-c3ccc(-c4cccc5c4oc4ccccc45)cc3)nc(-c3cccc4c3Oc3c(ccc5c3-c3ccccc3C5(c3ccccc3)c3ccccc3)O4)n2)cc1. The predicted molar refractivity (Wildman–Crippen MR) is 253 cm³/mol. The topological polar surface area (TPSA) is 70.3 Å². The van der Waals surface area contributed by atoms with Crippen molar-refractivity contribution in [2.75, 3.05) is 0 Å². The Bertz CT molecular complexity index is 3570. The number of fused-ring (bicyclic) bond motifs is 9. The van der Waals surface area contributed by atoms with Gasteiger partial charge in [-0.15, -0.1) is 0 Å². The Hall–Kier alpha value is -8.61. The molecule has 0 unspecified atom stereocenters. The van der Waals surface area contributed by atoms with Gasteiger partial charge in [0.05, 0.1) is 11.0 Å². The first kappa shape index (κ1) is 36.1. The van der Waals surface area contributed by atoms with Gasteiger partial charge in [0, 0.05) is 33.0 Å². The fourth-order valence-corrected chi connectivity index (χ4v) is 9.88. The summed E-state index contributed by atoms with van der Waals surface area (Å²) in [5.41, 5.74) is 12.4. The fraction of sp³-hybridized carbons (Fsp3) is 0.0172. The molecule has 0 saturated heterocycles. The Morgan fingerprint density at radius 2 is 0.906 bits per heavy atom. The lowest BCUT2D eigenvalue weighted by Gasteiger charge is -2.34. The van der Waals surface area contributed by atoms with E-state index in [1.165, 1.54) is 16.7 Å². The van der Waals surface area contributed by atoms with E-state index in [1.54, 1.807) is 0 Å². The molecular weight excluding hydrogens is 787 g/mol. The van der Waals surface area contributed by atoms with Crippen LogP contribution in [-0.2, 0) is 5.41 Å². The summed E-state index contributed by atoms with van der Waals surface area (Å²) < 4.78 is 20.4. The third kappa shape index (κ3) is 5.42. The first-order valence-corrected chi connectivity index (χ1v) is 21.4. The van der Waals surface area contributed by atoms with E-state index in [4.69, 9.17) is 28.8 Å². The molecule has 6 nitrogen and oxygen atoms in total. The van der Waals surface area contributed by atoms with Crippen LogP contribution in [0.5, 0.6) is 23.0 Å². The fourth-order valence-electron chi connectivity index (χ4n) is 9.88. The number of hydrogen-bond donors (Lipinski definition) is 0.